The maximum absolute atomic E-state index is 12.0. The molecule has 0 aliphatic carbocycles. The van der Waals surface area contributed by atoms with Crippen LogP contribution in [0.4, 0.5) is 11.4 Å². The molecule has 0 fully saturated rings. The monoisotopic (exact) mass is 294 g/mol. The number of benzene rings is 1. The third-order valence-corrected chi connectivity index (χ3v) is 2.89. The molecule has 1 aromatic carbocycles. The van der Waals surface area contributed by atoms with Gasteiger partial charge < -0.3 is 10.6 Å². The summed E-state index contributed by atoms with van der Waals surface area (Å²) in [6.45, 7) is 0. The van der Waals surface area contributed by atoms with Crippen molar-refractivity contribution in [3.05, 3.63) is 40.6 Å². The Morgan fingerprint density at radius 1 is 1.53 bits per heavy atom. The van der Waals surface area contributed by atoms with E-state index < -0.39 is 0 Å². The summed E-state index contributed by atoms with van der Waals surface area (Å²) in [6.07, 6.45) is 3.03. The van der Waals surface area contributed by atoms with Gasteiger partial charge in [0.1, 0.15) is 0 Å². The maximum Gasteiger partial charge on any atom is 0.261 e. The Morgan fingerprint density at radius 3 is 2.88 bits per heavy atom. The van der Waals surface area contributed by atoms with Crippen LogP contribution in [0.25, 0.3) is 0 Å². The van der Waals surface area contributed by atoms with Gasteiger partial charge >= 0.3 is 0 Å². The van der Waals surface area contributed by atoms with Crippen LogP contribution >= 0.6 is 15.9 Å². The summed E-state index contributed by atoms with van der Waals surface area (Å²) in [7, 11) is 1.68. The van der Waals surface area contributed by atoms with Gasteiger partial charge in [-0.3, -0.25) is 9.89 Å². The van der Waals surface area contributed by atoms with Crippen LogP contribution in [0.3, 0.4) is 0 Å². The normalized spacial score (nSPS) is 10.2. The van der Waals surface area contributed by atoms with Crippen LogP contribution in [0, 0.1) is 0 Å². The van der Waals surface area contributed by atoms with E-state index in [0.717, 1.165) is 4.47 Å². The van der Waals surface area contributed by atoms with E-state index in [1.165, 1.54) is 11.1 Å². The van der Waals surface area contributed by atoms with Gasteiger partial charge in [-0.2, -0.15) is 5.10 Å². The third-order valence-electron chi connectivity index (χ3n) is 2.40. The van der Waals surface area contributed by atoms with Gasteiger partial charge in [-0.15, -0.1) is 0 Å². The van der Waals surface area contributed by atoms with Crippen molar-refractivity contribution < 1.29 is 4.79 Å². The van der Waals surface area contributed by atoms with Gasteiger partial charge in [-0.25, -0.2) is 0 Å². The Hall–Kier alpha value is -1.82. The van der Waals surface area contributed by atoms with Crippen molar-refractivity contribution in [1.29, 1.82) is 0 Å². The van der Waals surface area contributed by atoms with Gasteiger partial charge in [0, 0.05) is 17.7 Å². The number of amides is 1. The number of rotatable bonds is 2. The van der Waals surface area contributed by atoms with E-state index in [4.69, 9.17) is 5.73 Å². The van der Waals surface area contributed by atoms with Gasteiger partial charge in [-0.1, -0.05) is 15.9 Å². The highest BCUT2D eigenvalue weighted by molar-refractivity contribution is 9.10. The number of nitrogens with one attached hydrogen (secondary N) is 1. The molecule has 6 heteroatoms. The third kappa shape index (κ3) is 2.31. The Balaban J connectivity index is 2.31. The largest absolute Gasteiger partial charge is 0.397 e. The van der Waals surface area contributed by atoms with Crippen molar-refractivity contribution in [3.8, 4) is 0 Å². The lowest BCUT2D eigenvalue weighted by molar-refractivity contribution is 0.0993. The summed E-state index contributed by atoms with van der Waals surface area (Å²) in [6, 6.07) is 5.39. The topological polar surface area (TPSA) is 75.0 Å². The summed E-state index contributed by atoms with van der Waals surface area (Å²) in [5.41, 5.74) is 7.57. The second-order valence-corrected chi connectivity index (χ2v) is 4.47. The molecule has 0 spiro atoms. The highest BCUT2D eigenvalue weighted by Crippen LogP contribution is 2.26. The number of aromatic nitrogens is 2. The fourth-order valence-corrected chi connectivity index (χ4v) is 1.88. The zero-order valence-electron chi connectivity index (χ0n) is 9.14. The van der Waals surface area contributed by atoms with E-state index in [1.807, 2.05) is 6.07 Å². The van der Waals surface area contributed by atoms with E-state index in [2.05, 4.69) is 26.1 Å². The summed E-state index contributed by atoms with van der Waals surface area (Å²) >= 11 is 3.32. The second kappa shape index (κ2) is 4.58. The van der Waals surface area contributed by atoms with Crippen LogP contribution in [0.15, 0.2) is 35.1 Å². The first-order chi connectivity index (χ1) is 8.09. The highest BCUT2D eigenvalue weighted by atomic mass is 79.9. The van der Waals surface area contributed by atoms with Crippen LogP contribution in [0.5, 0.6) is 0 Å². The number of hydrogen-bond donors (Lipinski definition) is 2. The number of carbonyl (C=O) groups excluding carboxylic acids is 1. The van der Waals surface area contributed by atoms with E-state index in [-0.39, 0.29) is 5.91 Å². The van der Waals surface area contributed by atoms with Crippen LogP contribution in [-0.4, -0.2) is 23.2 Å². The lowest BCUT2D eigenvalue weighted by Gasteiger charge is -2.18. The number of H-pyrrole nitrogens is 1. The molecular formula is C11H11BrN4O. The minimum atomic E-state index is -0.159. The zero-order valence-corrected chi connectivity index (χ0v) is 10.7. The zero-order chi connectivity index (χ0) is 12.4. The Kier molecular flexibility index (Phi) is 3.14. The van der Waals surface area contributed by atoms with Crippen LogP contribution in [-0.2, 0) is 0 Å². The molecule has 3 N–H and O–H groups in total. The molecule has 0 saturated carbocycles. The molecule has 0 bridgehead atoms. The van der Waals surface area contributed by atoms with Crippen molar-refractivity contribution in [1.82, 2.24) is 10.2 Å². The van der Waals surface area contributed by atoms with Crippen molar-refractivity contribution in [3.63, 3.8) is 0 Å². The predicted molar refractivity (Wildman–Crippen MR) is 69.9 cm³/mol. The number of hydrogen-bond acceptors (Lipinski definition) is 3. The molecule has 5 nitrogen and oxygen atoms in total. The van der Waals surface area contributed by atoms with E-state index in [9.17, 15) is 4.79 Å². The van der Waals surface area contributed by atoms with Crippen molar-refractivity contribution in [2.45, 2.75) is 0 Å². The van der Waals surface area contributed by atoms with Crippen molar-refractivity contribution >= 4 is 33.2 Å². The maximum atomic E-state index is 12.0. The number of nitrogens with zero attached hydrogens (tertiary/aromatic N) is 2. The van der Waals surface area contributed by atoms with E-state index >= 15 is 0 Å². The fourth-order valence-electron chi connectivity index (χ4n) is 1.50. The molecule has 17 heavy (non-hydrogen) atoms. The van der Waals surface area contributed by atoms with Gasteiger partial charge in [0.05, 0.1) is 23.1 Å². The lowest BCUT2D eigenvalue weighted by atomic mass is 10.2. The molecular weight excluding hydrogens is 284 g/mol. The molecule has 88 valence electrons. The molecule has 0 saturated heterocycles. The first-order valence-electron chi connectivity index (χ1n) is 4.91. The smallest absolute Gasteiger partial charge is 0.261 e. The number of nitrogens with two attached hydrogens (primary N) is 1. The average molecular weight is 295 g/mol. The summed E-state index contributed by atoms with van der Waals surface area (Å²) < 4.78 is 0.878. The van der Waals surface area contributed by atoms with Gasteiger partial charge in [-0.05, 0) is 18.2 Å². The number of carbonyl (C=O) groups is 1. The van der Waals surface area contributed by atoms with Crippen LogP contribution in [0.2, 0.25) is 0 Å². The molecule has 2 rings (SSSR count). The van der Waals surface area contributed by atoms with Crippen molar-refractivity contribution in [2.24, 2.45) is 0 Å². The summed E-state index contributed by atoms with van der Waals surface area (Å²) in [5.74, 6) is -0.159. The first-order valence-corrected chi connectivity index (χ1v) is 5.71. The minimum Gasteiger partial charge on any atom is -0.397 e. The summed E-state index contributed by atoms with van der Waals surface area (Å²) in [5, 5.41) is 6.35. The number of anilines is 2. The molecule has 2 aromatic rings. The standard InChI is InChI=1S/C11H11BrN4O/c1-16(11(17)7-5-14-15-6-7)10-3-2-8(12)4-9(10)13/h2-6H,13H2,1H3,(H,14,15). The molecule has 0 unspecified atom stereocenters. The molecule has 0 aliphatic rings. The minimum absolute atomic E-state index is 0.159. The Morgan fingerprint density at radius 2 is 2.29 bits per heavy atom. The summed E-state index contributed by atoms with van der Waals surface area (Å²) in [4.78, 5) is 13.5. The van der Waals surface area contributed by atoms with Crippen LogP contribution < -0.4 is 10.6 Å². The van der Waals surface area contributed by atoms with E-state index in [1.54, 1.807) is 25.4 Å². The van der Waals surface area contributed by atoms with Gasteiger partial charge in [0.2, 0.25) is 0 Å². The molecule has 0 radical (unpaired) electrons. The number of aromatic amines is 1. The van der Waals surface area contributed by atoms with Gasteiger partial charge in [0.25, 0.3) is 5.91 Å². The van der Waals surface area contributed by atoms with E-state index in [0.29, 0.717) is 16.9 Å². The molecule has 1 aromatic heterocycles. The number of nitrogen functional groups attached to an aromatic ring is 1. The SMILES string of the molecule is CN(C(=O)c1cn[nH]c1)c1ccc(Br)cc1N. The highest BCUT2D eigenvalue weighted by Gasteiger charge is 2.16. The Labute approximate surface area is 107 Å². The lowest BCUT2D eigenvalue weighted by Crippen LogP contribution is -2.26. The van der Waals surface area contributed by atoms with Crippen LogP contribution in [0.1, 0.15) is 10.4 Å². The predicted octanol–water partition coefficient (Wildman–Crippen LogP) is 2.03. The Bertz CT molecular complexity index is 538. The quantitative estimate of drug-likeness (QED) is 0.832. The van der Waals surface area contributed by atoms with Gasteiger partial charge in [0.15, 0.2) is 0 Å². The second-order valence-electron chi connectivity index (χ2n) is 3.55. The van der Waals surface area contributed by atoms with Crippen molar-refractivity contribution in [2.75, 3.05) is 17.7 Å². The fraction of sp³-hybridized carbons (Fsp3) is 0.0909. The average Bonchev–Trinajstić information content (AvgIpc) is 2.80. The molecule has 0 aliphatic heterocycles. The molecule has 0 atom stereocenters. The molecule has 1 amide bonds. The number of halogens is 1. The first kappa shape index (κ1) is 11.7. The molecule has 1 heterocycles.